The first-order valence-corrected chi connectivity index (χ1v) is 5.19. The van der Waals surface area contributed by atoms with E-state index in [2.05, 4.69) is 0 Å². The Kier molecular flexibility index (Phi) is 2.85. The van der Waals surface area contributed by atoms with E-state index in [-0.39, 0.29) is 17.7 Å². The van der Waals surface area contributed by atoms with Crippen LogP contribution in [0.3, 0.4) is 0 Å². The number of hydrogen-bond acceptors (Lipinski definition) is 3. The Hall–Kier alpha value is -1.88. The maximum absolute atomic E-state index is 13.8. The summed E-state index contributed by atoms with van der Waals surface area (Å²) >= 11 is 0. The average Bonchev–Trinajstić information content (AvgIpc) is 2.33. The second-order valence-corrected chi connectivity index (χ2v) is 3.92. The molecule has 0 atom stereocenters. The summed E-state index contributed by atoms with van der Waals surface area (Å²) in [6.07, 6.45) is 1.52. The van der Waals surface area contributed by atoms with Crippen molar-refractivity contribution >= 4 is 10.9 Å². The fraction of sp³-hybridized carbons (Fsp3) is 0.250. The minimum atomic E-state index is -0.486. The van der Waals surface area contributed by atoms with Gasteiger partial charge in [-0.1, -0.05) is 6.07 Å². The minimum Gasteiger partial charge on any atom is -0.375 e. The van der Waals surface area contributed by atoms with Crippen LogP contribution in [-0.2, 0) is 0 Å². The van der Waals surface area contributed by atoms with E-state index < -0.39 is 5.82 Å². The molecule has 0 unspecified atom stereocenters. The Morgan fingerprint density at radius 2 is 2.18 bits per heavy atom. The van der Waals surface area contributed by atoms with E-state index in [1.54, 1.807) is 20.0 Å². The second kappa shape index (κ2) is 4.18. The molecule has 0 saturated carbocycles. The molecule has 0 amide bonds. The first-order chi connectivity index (χ1) is 8.06. The van der Waals surface area contributed by atoms with Gasteiger partial charge in [-0.05, 0) is 19.1 Å². The van der Waals surface area contributed by atoms with Crippen LogP contribution in [0.5, 0.6) is 0 Å². The molecule has 2 rings (SSSR count). The molecule has 1 aromatic carbocycles. The Labute approximate surface area is 97.5 Å². The molecule has 2 aromatic rings. The molecule has 0 spiro atoms. The summed E-state index contributed by atoms with van der Waals surface area (Å²) in [7, 11) is 1.61. The van der Waals surface area contributed by atoms with Crippen molar-refractivity contribution in [1.82, 2.24) is 4.68 Å². The zero-order valence-corrected chi connectivity index (χ0v) is 9.64. The van der Waals surface area contributed by atoms with Gasteiger partial charge in [0.2, 0.25) is 0 Å². The van der Waals surface area contributed by atoms with Gasteiger partial charge >= 0.3 is 0 Å². The highest BCUT2D eigenvalue weighted by molar-refractivity contribution is 5.80. The van der Waals surface area contributed by atoms with E-state index in [4.69, 9.17) is 5.11 Å². The molecule has 1 aromatic heterocycles. The number of hydrogen-bond donors (Lipinski definition) is 1. The van der Waals surface area contributed by atoms with Crippen LogP contribution < -0.4 is 10.4 Å². The van der Waals surface area contributed by atoms with Gasteiger partial charge in [0.1, 0.15) is 18.1 Å². The quantitative estimate of drug-likeness (QED) is 0.790. The van der Waals surface area contributed by atoms with Crippen LogP contribution >= 0.6 is 0 Å². The van der Waals surface area contributed by atoms with Gasteiger partial charge < -0.3 is 5.11 Å². The van der Waals surface area contributed by atoms with Gasteiger partial charge in [-0.3, -0.25) is 14.5 Å². The number of pyridine rings is 1. The molecule has 0 radical (unpaired) electrons. The van der Waals surface area contributed by atoms with Crippen LogP contribution in [0.1, 0.15) is 5.56 Å². The van der Waals surface area contributed by atoms with Crippen LogP contribution in [0.2, 0.25) is 0 Å². The lowest BCUT2D eigenvalue weighted by atomic mass is 10.1. The van der Waals surface area contributed by atoms with E-state index in [0.717, 1.165) is 0 Å². The smallest absolute Gasteiger partial charge is 0.192 e. The standard InChI is InChI=1S/C12H13FN2O2/c1-8-6-15(14(2)7-16)11-9(12(8)17)4-3-5-10(11)13/h3-6,16H,7H2,1-2H3. The summed E-state index contributed by atoms with van der Waals surface area (Å²) in [6, 6.07) is 4.37. The minimum absolute atomic E-state index is 0.180. The van der Waals surface area contributed by atoms with Crippen molar-refractivity contribution in [3.8, 4) is 0 Å². The third-order valence-corrected chi connectivity index (χ3v) is 2.71. The zero-order chi connectivity index (χ0) is 12.6. The molecule has 5 heteroatoms. The number of rotatable bonds is 2. The second-order valence-electron chi connectivity index (χ2n) is 3.92. The van der Waals surface area contributed by atoms with Crippen molar-refractivity contribution in [2.24, 2.45) is 0 Å². The number of para-hydroxylation sites is 1. The van der Waals surface area contributed by atoms with E-state index >= 15 is 0 Å². The molecule has 0 bridgehead atoms. The van der Waals surface area contributed by atoms with Gasteiger partial charge in [0.05, 0.1) is 5.39 Å². The number of aryl methyl sites for hydroxylation is 1. The third-order valence-electron chi connectivity index (χ3n) is 2.71. The molecule has 0 aliphatic heterocycles. The van der Waals surface area contributed by atoms with Crippen LogP contribution in [0, 0.1) is 12.7 Å². The summed E-state index contributed by atoms with van der Waals surface area (Å²) in [5.41, 5.74) is 0.491. The molecule has 90 valence electrons. The Bertz CT molecular complexity index is 622. The van der Waals surface area contributed by atoms with Gasteiger partial charge in [0, 0.05) is 18.8 Å². The van der Waals surface area contributed by atoms with Gasteiger partial charge in [0.25, 0.3) is 0 Å². The average molecular weight is 236 g/mol. The normalized spacial score (nSPS) is 10.8. The molecule has 0 aliphatic rings. The molecule has 0 saturated heterocycles. The summed E-state index contributed by atoms with van der Waals surface area (Å²) in [6.45, 7) is 1.39. The monoisotopic (exact) mass is 236 g/mol. The molecule has 4 nitrogen and oxygen atoms in total. The van der Waals surface area contributed by atoms with Crippen LogP contribution in [0.4, 0.5) is 4.39 Å². The third kappa shape index (κ3) is 1.78. The van der Waals surface area contributed by atoms with Gasteiger partial charge in [-0.25, -0.2) is 4.39 Å². The number of aliphatic hydroxyl groups is 1. The lowest BCUT2D eigenvalue weighted by Crippen LogP contribution is -2.33. The van der Waals surface area contributed by atoms with E-state index in [1.165, 1.54) is 28.0 Å². The highest BCUT2D eigenvalue weighted by atomic mass is 19.1. The van der Waals surface area contributed by atoms with Crippen LogP contribution in [-0.4, -0.2) is 23.6 Å². The molecule has 0 aliphatic carbocycles. The number of aliphatic hydroxyl groups excluding tert-OH is 1. The van der Waals surface area contributed by atoms with Crippen molar-refractivity contribution in [2.45, 2.75) is 6.92 Å². The number of benzene rings is 1. The Morgan fingerprint density at radius 1 is 1.47 bits per heavy atom. The van der Waals surface area contributed by atoms with Crippen LogP contribution in [0.15, 0.2) is 29.2 Å². The predicted molar refractivity (Wildman–Crippen MR) is 64.1 cm³/mol. The number of aromatic nitrogens is 1. The summed E-state index contributed by atoms with van der Waals surface area (Å²) < 4.78 is 15.2. The maximum atomic E-state index is 13.8. The van der Waals surface area contributed by atoms with Gasteiger partial charge in [-0.2, -0.15) is 0 Å². The fourth-order valence-corrected chi connectivity index (χ4v) is 1.79. The van der Waals surface area contributed by atoms with E-state index in [9.17, 15) is 9.18 Å². The van der Waals surface area contributed by atoms with Gasteiger partial charge in [0.15, 0.2) is 5.43 Å². The number of nitrogens with zero attached hydrogens (tertiary/aromatic N) is 2. The van der Waals surface area contributed by atoms with Crippen LogP contribution in [0.25, 0.3) is 10.9 Å². The van der Waals surface area contributed by atoms with E-state index in [1.807, 2.05) is 0 Å². The largest absolute Gasteiger partial charge is 0.375 e. The maximum Gasteiger partial charge on any atom is 0.192 e. The van der Waals surface area contributed by atoms with E-state index in [0.29, 0.717) is 10.9 Å². The van der Waals surface area contributed by atoms with Gasteiger partial charge in [-0.15, -0.1) is 0 Å². The topological polar surface area (TPSA) is 45.5 Å². The molecule has 1 N–H and O–H groups in total. The fourth-order valence-electron chi connectivity index (χ4n) is 1.79. The lowest BCUT2D eigenvalue weighted by Gasteiger charge is -2.22. The van der Waals surface area contributed by atoms with Crippen molar-refractivity contribution in [3.63, 3.8) is 0 Å². The highest BCUT2D eigenvalue weighted by Gasteiger charge is 2.12. The lowest BCUT2D eigenvalue weighted by molar-refractivity contribution is 0.271. The molecule has 1 heterocycles. The molecule has 17 heavy (non-hydrogen) atoms. The van der Waals surface area contributed by atoms with Crippen molar-refractivity contribution < 1.29 is 9.50 Å². The van der Waals surface area contributed by atoms with Crippen molar-refractivity contribution in [1.29, 1.82) is 0 Å². The number of fused-ring (bicyclic) bond motifs is 1. The Morgan fingerprint density at radius 3 is 2.82 bits per heavy atom. The number of halogens is 1. The molecular weight excluding hydrogens is 223 g/mol. The first kappa shape index (κ1) is 11.6. The molecular formula is C12H13FN2O2. The summed E-state index contributed by atoms with van der Waals surface area (Å²) in [4.78, 5) is 11.9. The van der Waals surface area contributed by atoms with Crippen molar-refractivity contribution in [2.75, 3.05) is 18.8 Å². The zero-order valence-electron chi connectivity index (χ0n) is 9.64. The summed E-state index contributed by atoms with van der Waals surface area (Å²) in [5.74, 6) is -0.486. The SMILES string of the molecule is Cc1cn(N(C)CO)c2c(F)cccc2c1=O. The van der Waals surface area contributed by atoms with Crippen molar-refractivity contribution in [3.05, 3.63) is 46.0 Å². The molecule has 0 fully saturated rings. The summed E-state index contributed by atoms with van der Waals surface area (Å²) in [5, 5.41) is 10.8. The Balaban J connectivity index is 2.93. The highest BCUT2D eigenvalue weighted by Crippen LogP contribution is 2.15. The first-order valence-electron chi connectivity index (χ1n) is 5.19. The predicted octanol–water partition coefficient (Wildman–Crippen LogP) is 0.967.